The van der Waals surface area contributed by atoms with Crippen molar-refractivity contribution in [3.63, 3.8) is 0 Å². The maximum atomic E-state index is 11.6. The van der Waals surface area contributed by atoms with E-state index in [1.54, 1.807) is 0 Å². The fourth-order valence-electron chi connectivity index (χ4n) is 1.94. The largest absolute Gasteiger partial charge is 0.355 e. The van der Waals surface area contributed by atoms with Gasteiger partial charge in [0.05, 0.1) is 0 Å². The Bertz CT molecular complexity index is 613. The summed E-state index contributed by atoms with van der Waals surface area (Å²) in [5, 5.41) is 6.76. The van der Waals surface area contributed by atoms with Crippen LogP contribution in [0.2, 0.25) is 0 Å². The van der Waals surface area contributed by atoms with Crippen molar-refractivity contribution in [1.82, 2.24) is 15.5 Å². The van der Waals surface area contributed by atoms with Gasteiger partial charge in [-0.3, -0.25) is 4.79 Å². The maximum absolute atomic E-state index is 11.6. The Labute approximate surface area is 142 Å². The molecule has 0 bridgehead atoms. The summed E-state index contributed by atoms with van der Waals surface area (Å²) >= 11 is 0. The second-order valence-electron chi connectivity index (χ2n) is 5.24. The minimum Gasteiger partial charge on any atom is -0.355 e. The van der Waals surface area contributed by atoms with Crippen LogP contribution in [-0.2, 0) is 17.6 Å². The summed E-state index contributed by atoms with van der Waals surface area (Å²) < 4.78 is 5.20. The summed E-state index contributed by atoms with van der Waals surface area (Å²) in [4.78, 5) is 15.9. The number of carbonyl (C=O) groups excluding carboxylic acids is 1. The number of hydrogen-bond donors (Lipinski definition) is 2. The molecule has 7 heteroatoms. The molecule has 1 atom stereocenters. The van der Waals surface area contributed by atoms with Crippen LogP contribution in [-0.4, -0.2) is 29.1 Å². The van der Waals surface area contributed by atoms with Crippen LogP contribution in [0.25, 0.3) is 11.5 Å². The van der Waals surface area contributed by atoms with Gasteiger partial charge in [0.25, 0.3) is 5.89 Å². The molecule has 0 radical (unpaired) electrons. The van der Waals surface area contributed by atoms with Crippen LogP contribution in [0.1, 0.15) is 25.2 Å². The lowest BCUT2D eigenvalue weighted by molar-refractivity contribution is -0.124. The van der Waals surface area contributed by atoms with Gasteiger partial charge in [0.15, 0.2) is 5.82 Å². The highest BCUT2D eigenvalue weighted by molar-refractivity contribution is 5.85. The molecule has 1 amide bonds. The first-order valence-corrected chi connectivity index (χ1v) is 7.53. The Kier molecular flexibility index (Phi) is 7.71. The number of nitrogens with two attached hydrogens (primary N) is 1. The van der Waals surface area contributed by atoms with E-state index >= 15 is 0 Å². The quantitative estimate of drug-likeness (QED) is 0.805. The zero-order valence-electron chi connectivity index (χ0n) is 13.4. The maximum Gasteiger partial charge on any atom is 0.257 e. The fraction of sp³-hybridized carbons (Fsp3) is 0.438. The Morgan fingerprint density at radius 2 is 2.04 bits per heavy atom. The smallest absolute Gasteiger partial charge is 0.257 e. The van der Waals surface area contributed by atoms with Gasteiger partial charge in [0.2, 0.25) is 5.91 Å². The van der Waals surface area contributed by atoms with E-state index in [1.165, 1.54) is 0 Å². The second-order valence-corrected chi connectivity index (χ2v) is 5.24. The number of aromatic nitrogens is 2. The van der Waals surface area contributed by atoms with Gasteiger partial charge in [-0.2, -0.15) is 4.98 Å². The van der Waals surface area contributed by atoms with Gasteiger partial charge in [-0.1, -0.05) is 31.1 Å². The zero-order valence-corrected chi connectivity index (χ0v) is 14.2. The third kappa shape index (κ3) is 5.33. The molecule has 1 aromatic heterocycles. The molecule has 0 fully saturated rings. The third-order valence-electron chi connectivity index (χ3n) is 3.50. The van der Waals surface area contributed by atoms with Gasteiger partial charge in [-0.05, 0) is 24.1 Å². The average molecular weight is 339 g/mol. The van der Waals surface area contributed by atoms with Crippen molar-refractivity contribution in [3.8, 4) is 11.5 Å². The Morgan fingerprint density at radius 1 is 1.35 bits per heavy atom. The molecular weight excluding hydrogens is 316 g/mol. The van der Waals surface area contributed by atoms with Gasteiger partial charge in [-0.15, -0.1) is 12.4 Å². The highest BCUT2D eigenvalue weighted by Gasteiger charge is 2.10. The summed E-state index contributed by atoms with van der Waals surface area (Å²) in [7, 11) is 0. The van der Waals surface area contributed by atoms with Crippen LogP contribution in [0.5, 0.6) is 0 Å². The molecular formula is C16H23ClN4O2. The summed E-state index contributed by atoms with van der Waals surface area (Å²) in [6, 6.07) is 7.91. The number of aryl methyl sites for hydroxylation is 1. The van der Waals surface area contributed by atoms with Crippen LogP contribution >= 0.6 is 12.4 Å². The highest BCUT2D eigenvalue weighted by Crippen LogP contribution is 2.18. The van der Waals surface area contributed by atoms with Gasteiger partial charge >= 0.3 is 0 Å². The molecule has 1 unspecified atom stereocenters. The molecule has 0 aliphatic heterocycles. The van der Waals surface area contributed by atoms with E-state index in [9.17, 15) is 4.79 Å². The van der Waals surface area contributed by atoms with E-state index in [0.29, 0.717) is 24.8 Å². The van der Waals surface area contributed by atoms with Crippen molar-refractivity contribution >= 4 is 18.3 Å². The lowest BCUT2D eigenvalue weighted by Gasteiger charge is -2.09. The summed E-state index contributed by atoms with van der Waals surface area (Å²) in [5.74, 6) is 1.09. The number of hydrogen-bond acceptors (Lipinski definition) is 5. The minimum absolute atomic E-state index is 0. The number of amides is 1. The number of carbonyl (C=O) groups is 1. The van der Waals surface area contributed by atoms with Gasteiger partial charge in [0, 0.05) is 31.0 Å². The molecule has 0 saturated carbocycles. The first-order valence-electron chi connectivity index (χ1n) is 7.53. The monoisotopic (exact) mass is 338 g/mol. The normalized spacial score (nSPS) is 11.6. The topological polar surface area (TPSA) is 94.0 Å². The van der Waals surface area contributed by atoms with Gasteiger partial charge < -0.3 is 15.6 Å². The first kappa shape index (κ1) is 19.1. The lowest BCUT2D eigenvalue weighted by Crippen LogP contribution is -2.34. The van der Waals surface area contributed by atoms with Crippen molar-refractivity contribution in [2.75, 3.05) is 13.1 Å². The zero-order chi connectivity index (χ0) is 15.9. The lowest BCUT2D eigenvalue weighted by atomic mass is 10.1. The van der Waals surface area contributed by atoms with Crippen molar-refractivity contribution in [3.05, 3.63) is 35.7 Å². The van der Waals surface area contributed by atoms with Crippen LogP contribution in [0.15, 0.2) is 28.8 Å². The summed E-state index contributed by atoms with van der Waals surface area (Å²) in [6.45, 7) is 4.77. The Balaban J connectivity index is 0.00000264. The molecule has 1 aromatic carbocycles. The number of nitrogens with one attached hydrogen (secondary N) is 1. The standard InChI is InChI=1S/C16H22N4O2.ClH/c1-3-14-19-16(22-20-14)13-6-4-12(5-7-13)8-9-18-15(21)11(2)10-17;/h4-7,11H,3,8-10,17H2,1-2H3,(H,18,21);1H. The van der Waals surface area contributed by atoms with E-state index in [1.807, 2.05) is 38.1 Å². The van der Waals surface area contributed by atoms with E-state index in [-0.39, 0.29) is 24.2 Å². The minimum atomic E-state index is -0.146. The molecule has 126 valence electrons. The van der Waals surface area contributed by atoms with Crippen molar-refractivity contribution in [1.29, 1.82) is 0 Å². The molecule has 1 heterocycles. The molecule has 0 aliphatic carbocycles. The molecule has 0 aliphatic rings. The molecule has 0 spiro atoms. The number of benzene rings is 1. The summed E-state index contributed by atoms with van der Waals surface area (Å²) in [6.07, 6.45) is 1.52. The number of rotatable bonds is 7. The molecule has 2 rings (SSSR count). The van der Waals surface area contributed by atoms with Crippen LogP contribution in [0.3, 0.4) is 0 Å². The van der Waals surface area contributed by atoms with E-state index in [0.717, 1.165) is 24.0 Å². The SMILES string of the molecule is CCc1noc(-c2ccc(CCNC(=O)C(C)CN)cc2)n1.Cl. The molecule has 23 heavy (non-hydrogen) atoms. The van der Waals surface area contributed by atoms with Gasteiger partial charge in [-0.25, -0.2) is 0 Å². The molecule has 6 nitrogen and oxygen atoms in total. The predicted octanol–water partition coefficient (Wildman–Crippen LogP) is 1.97. The number of halogens is 1. The Morgan fingerprint density at radius 3 is 2.61 bits per heavy atom. The van der Waals surface area contributed by atoms with E-state index < -0.39 is 0 Å². The number of nitrogens with zero attached hydrogens (tertiary/aromatic N) is 2. The summed E-state index contributed by atoms with van der Waals surface area (Å²) in [5.41, 5.74) is 7.50. The predicted molar refractivity (Wildman–Crippen MR) is 91.3 cm³/mol. The average Bonchev–Trinajstić information content (AvgIpc) is 3.03. The van der Waals surface area contributed by atoms with Crippen LogP contribution < -0.4 is 11.1 Å². The van der Waals surface area contributed by atoms with Gasteiger partial charge in [0.1, 0.15) is 0 Å². The Hall–Kier alpha value is -1.92. The highest BCUT2D eigenvalue weighted by atomic mass is 35.5. The molecule has 2 aromatic rings. The first-order chi connectivity index (χ1) is 10.6. The van der Waals surface area contributed by atoms with Crippen molar-refractivity contribution < 1.29 is 9.32 Å². The van der Waals surface area contributed by atoms with Crippen molar-refractivity contribution in [2.45, 2.75) is 26.7 Å². The van der Waals surface area contributed by atoms with Crippen molar-refractivity contribution in [2.24, 2.45) is 11.7 Å². The second kappa shape index (κ2) is 9.27. The molecule has 0 saturated heterocycles. The van der Waals surface area contributed by atoms with E-state index in [2.05, 4.69) is 15.5 Å². The van der Waals surface area contributed by atoms with E-state index in [4.69, 9.17) is 10.3 Å². The third-order valence-corrected chi connectivity index (χ3v) is 3.50. The van der Waals surface area contributed by atoms with Crippen LogP contribution in [0.4, 0.5) is 0 Å². The van der Waals surface area contributed by atoms with Crippen LogP contribution in [0, 0.1) is 5.92 Å². The fourth-order valence-corrected chi connectivity index (χ4v) is 1.94. The molecule has 3 N–H and O–H groups in total.